The largest absolute Gasteiger partial charge is 0.478 e. The highest BCUT2D eigenvalue weighted by Crippen LogP contribution is 2.21. The molecule has 0 radical (unpaired) electrons. The number of anilines is 1. The SMILES string of the molecule is O=C(Nc1cc(Cl)ccc1C(=O)O)c1cn[nH]c1. The second kappa shape index (κ2) is 4.89. The molecule has 1 amide bonds. The highest BCUT2D eigenvalue weighted by molar-refractivity contribution is 6.31. The number of nitrogens with one attached hydrogen (secondary N) is 2. The highest BCUT2D eigenvalue weighted by Gasteiger charge is 2.14. The molecule has 92 valence electrons. The van der Waals surface area contributed by atoms with Crippen molar-refractivity contribution in [2.45, 2.75) is 0 Å². The molecule has 2 aromatic rings. The molecule has 0 saturated carbocycles. The van der Waals surface area contributed by atoms with E-state index in [0.717, 1.165) is 0 Å². The van der Waals surface area contributed by atoms with Gasteiger partial charge in [-0.05, 0) is 18.2 Å². The summed E-state index contributed by atoms with van der Waals surface area (Å²) >= 11 is 5.77. The monoisotopic (exact) mass is 265 g/mol. The zero-order valence-corrected chi connectivity index (χ0v) is 9.73. The second-order valence-electron chi connectivity index (χ2n) is 3.44. The fourth-order valence-electron chi connectivity index (χ4n) is 1.38. The summed E-state index contributed by atoms with van der Waals surface area (Å²) in [5, 5.41) is 17.9. The van der Waals surface area contributed by atoms with Crippen LogP contribution in [0.1, 0.15) is 20.7 Å². The van der Waals surface area contributed by atoms with Crippen LogP contribution in [0.4, 0.5) is 5.69 Å². The van der Waals surface area contributed by atoms with Crippen LogP contribution in [0.15, 0.2) is 30.6 Å². The van der Waals surface area contributed by atoms with Crippen LogP contribution < -0.4 is 5.32 Å². The maximum Gasteiger partial charge on any atom is 0.337 e. The third-order valence-corrected chi connectivity index (χ3v) is 2.46. The Hall–Kier alpha value is -2.34. The predicted molar refractivity (Wildman–Crippen MR) is 65.0 cm³/mol. The number of H-pyrrole nitrogens is 1. The molecule has 0 aliphatic heterocycles. The van der Waals surface area contributed by atoms with Crippen molar-refractivity contribution >= 4 is 29.2 Å². The second-order valence-corrected chi connectivity index (χ2v) is 3.87. The molecule has 2 rings (SSSR count). The molecule has 3 N–H and O–H groups in total. The quantitative estimate of drug-likeness (QED) is 0.791. The van der Waals surface area contributed by atoms with E-state index in [1.54, 1.807) is 0 Å². The first-order valence-corrected chi connectivity index (χ1v) is 5.28. The first kappa shape index (κ1) is 12.1. The Balaban J connectivity index is 2.31. The number of carboxylic acid groups (broad SMARTS) is 1. The highest BCUT2D eigenvalue weighted by atomic mass is 35.5. The van der Waals surface area contributed by atoms with Gasteiger partial charge in [0.15, 0.2) is 0 Å². The molecule has 18 heavy (non-hydrogen) atoms. The molecular formula is C11H8ClN3O3. The maximum atomic E-state index is 11.8. The smallest absolute Gasteiger partial charge is 0.337 e. The van der Waals surface area contributed by atoms with Crippen molar-refractivity contribution in [2.75, 3.05) is 5.32 Å². The Morgan fingerprint density at radius 3 is 2.78 bits per heavy atom. The first-order chi connectivity index (χ1) is 8.58. The number of halogens is 1. The molecule has 0 aliphatic rings. The van der Waals surface area contributed by atoms with Gasteiger partial charge >= 0.3 is 5.97 Å². The van der Waals surface area contributed by atoms with Crippen molar-refractivity contribution in [2.24, 2.45) is 0 Å². The maximum absolute atomic E-state index is 11.8. The van der Waals surface area contributed by atoms with E-state index in [-0.39, 0.29) is 11.3 Å². The van der Waals surface area contributed by atoms with Crippen molar-refractivity contribution in [3.8, 4) is 0 Å². The van der Waals surface area contributed by atoms with E-state index in [0.29, 0.717) is 10.6 Å². The van der Waals surface area contributed by atoms with Crippen LogP contribution in [0, 0.1) is 0 Å². The van der Waals surface area contributed by atoms with E-state index >= 15 is 0 Å². The van der Waals surface area contributed by atoms with Gasteiger partial charge in [0.1, 0.15) is 0 Å². The van der Waals surface area contributed by atoms with Gasteiger partial charge < -0.3 is 10.4 Å². The van der Waals surface area contributed by atoms with Crippen molar-refractivity contribution in [1.29, 1.82) is 0 Å². The number of hydrogen-bond donors (Lipinski definition) is 3. The molecule has 0 saturated heterocycles. The van der Waals surface area contributed by atoms with Crippen LogP contribution in [-0.4, -0.2) is 27.2 Å². The number of carbonyl (C=O) groups excluding carboxylic acids is 1. The Kier molecular flexibility index (Phi) is 3.29. The molecule has 0 unspecified atom stereocenters. The van der Waals surface area contributed by atoms with Crippen LogP contribution in [0.5, 0.6) is 0 Å². The van der Waals surface area contributed by atoms with E-state index in [2.05, 4.69) is 15.5 Å². The summed E-state index contributed by atoms with van der Waals surface area (Å²) in [5.74, 6) is -1.61. The number of nitrogens with zero attached hydrogens (tertiary/aromatic N) is 1. The minimum atomic E-state index is -1.14. The topological polar surface area (TPSA) is 95.1 Å². The minimum absolute atomic E-state index is 0.0313. The van der Waals surface area contributed by atoms with Gasteiger partial charge in [-0.2, -0.15) is 5.10 Å². The molecule has 0 spiro atoms. The summed E-state index contributed by atoms with van der Waals surface area (Å²) in [6.45, 7) is 0. The number of aromatic nitrogens is 2. The van der Waals surface area contributed by atoms with Crippen molar-refractivity contribution in [3.63, 3.8) is 0 Å². The molecule has 0 aliphatic carbocycles. The standard InChI is InChI=1S/C11H8ClN3O3/c12-7-1-2-8(11(17)18)9(3-7)15-10(16)6-4-13-14-5-6/h1-5H,(H,13,14)(H,15,16)(H,17,18). The molecule has 1 aromatic heterocycles. The lowest BCUT2D eigenvalue weighted by Gasteiger charge is -2.07. The lowest BCUT2D eigenvalue weighted by molar-refractivity contribution is 0.0698. The summed E-state index contributed by atoms with van der Waals surface area (Å²) in [7, 11) is 0. The normalized spacial score (nSPS) is 10.1. The number of carboxylic acids is 1. The molecule has 6 nitrogen and oxygen atoms in total. The zero-order valence-electron chi connectivity index (χ0n) is 8.98. The number of rotatable bonds is 3. The molecule has 7 heteroatoms. The molecule has 1 aromatic carbocycles. The predicted octanol–water partition coefficient (Wildman–Crippen LogP) is 2.01. The van der Waals surface area contributed by atoms with E-state index < -0.39 is 11.9 Å². The summed E-state index contributed by atoms with van der Waals surface area (Å²) in [4.78, 5) is 22.7. The number of benzene rings is 1. The van der Waals surface area contributed by atoms with Crippen molar-refractivity contribution in [3.05, 3.63) is 46.7 Å². The summed E-state index contributed by atoms with van der Waals surface area (Å²) < 4.78 is 0. The molecular weight excluding hydrogens is 258 g/mol. The van der Waals surface area contributed by atoms with Gasteiger partial charge in [0, 0.05) is 11.2 Å². The van der Waals surface area contributed by atoms with E-state index in [1.165, 1.54) is 30.6 Å². The first-order valence-electron chi connectivity index (χ1n) is 4.91. The van der Waals surface area contributed by atoms with Gasteiger partial charge in [-0.15, -0.1) is 0 Å². The third kappa shape index (κ3) is 2.49. The lowest BCUT2D eigenvalue weighted by Crippen LogP contribution is -2.14. The fraction of sp³-hybridized carbons (Fsp3) is 0. The summed E-state index contributed by atoms with van der Waals surface area (Å²) in [6.07, 6.45) is 2.74. The van der Waals surface area contributed by atoms with Gasteiger partial charge in [-0.1, -0.05) is 11.6 Å². The lowest BCUT2D eigenvalue weighted by atomic mass is 10.1. The van der Waals surface area contributed by atoms with Gasteiger partial charge in [-0.25, -0.2) is 4.79 Å². The number of aromatic carboxylic acids is 1. The zero-order chi connectivity index (χ0) is 13.1. The van der Waals surface area contributed by atoms with Gasteiger partial charge in [0.05, 0.1) is 23.0 Å². The Morgan fingerprint density at radius 1 is 1.39 bits per heavy atom. The van der Waals surface area contributed by atoms with Gasteiger partial charge in [-0.3, -0.25) is 9.89 Å². The number of carbonyl (C=O) groups is 2. The van der Waals surface area contributed by atoms with Crippen molar-refractivity contribution < 1.29 is 14.7 Å². The van der Waals surface area contributed by atoms with Crippen LogP contribution in [0.2, 0.25) is 5.02 Å². The fourth-order valence-corrected chi connectivity index (χ4v) is 1.55. The summed E-state index contributed by atoms with van der Waals surface area (Å²) in [5.41, 5.74) is 0.406. The summed E-state index contributed by atoms with van der Waals surface area (Å²) in [6, 6.07) is 4.15. The van der Waals surface area contributed by atoms with Crippen LogP contribution in [0.3, 0.4) is 0 Å². The molecule has 0 bridgehead atoms. The van der Waals surface area contributed by atoms with E-state index in [9.17, 15) is 9.59 Å². The molecule has 0 fully saturated rings. The average Bonchev–Trinajstić information content (AvgIpc) is 2.81. The van der Waals surface area contributed by atoms with Crippen molar-refractivity contribution in [1.82, 2.24) is 10.2 Å². The Bertz CT molecular complexity index is 596. The molecule has 1 heterocycles. The van der Waals surface area contributed by atoms with E-state index in [4.69, 9.17) is 16.7 Å². The van der Waals surface area contributed by atoms with Gasteiger partial charge in [0.25, 0.3) is 5.91 Å². The van der Waals surface area contributed by atoms with E-state index in [1.807, 2.05) is 0 Å². The van der Waals surface area contributed by atoms with Crippen LogP contribution >= 0.6 is 11.6 Å². The molecule has 0 atom stereocenters. The third-order valence-electron chi connectivity index (χ3n) is 2.22. The van der Waals surface area contributed by atoms with Gasteiger partial charge in [0.2, 0.25) is 0 Å². The number of amides is 1. The Morgan fingerprint density at radius 2 is 2.17 bits per heavy atom. The average molecular weight is 266 g/mol. The Labute approximate surface area is 107 Å². The number of hydrogen-bond acceptors (Lipinski definition) is 3. The van der Waals surface area contributed by atoms with Crippen LogP contribution in [0.25, 0.3) is 0 Å². The minimum Gasteiger partial charge on any atom is -0.478 e. The number of aromatic amines is 1. The van der Waals surface area contributed by atoms with Crippen LogP contribution in [-0.2, 0) is 0 Å².